The van der Waals surface area contributed by atoms with Gasteiger partial charge in [-0.1, -0.05) is 18.2 Å². The second kappa shape index (κ2) is 8.32. The molecule has 0 saturated heterocycles. The summed E-state index contributed by atoms with van der Waals surface area (Å²) in [5.74, 6) is 1.68. The number of aromatic nitrogens is 3. The van der Waals surface area contributed by atoms with Gasteiger partial charge >= 0.3 is 0 Å². The molecule has 2 N–H and O–H groups in total. The second-order valence-electron chi connectivity index (χ2n) is 5.96. The monoisotopic (exact) mass is 340 g/mol. The fourth-order valence-electron chi connectivity index (χ4n) is 2.65. The zero-order chi connectivity index (χ0) is 17.5. The Hall–Kier alpha value is -2.83. The van der Waals surface area contributed by atoms with Crippen molar-refractivity contribution in [3.63, 3.8) is 0 Å². The van der Waals surface area contributed by atoms with E-state index in [-0.39, 0.29) is 6.04 Å². The first-order chi connectivity index (χ1) is 12.3. The third kappa shape index (κ3) is 4.59. The van der Waals surface area contributed by atoms with Crippen molar-refractivity contribution in [2.24, 2.45) is 4.99 Å². The summed E-state index contributed by atoms with van der Waals surface area (Å²) in [4.78, 5) is 4.28. The molecular weight excluding hydrogens is 316 g/mol. The average molecular weight is 340 g/mol. The van der Waals surface area contributed by atoms with Crippen molar-refractivity contribution in [1.29, 1.82) is 0 Å². The largest absolute Gasteiger partial charge is 0.459 e. The lowest BCUT2D eigenvalue weighted by Crippen LogP contribution is -2.39. The summed E-state index contributed by atoms with van der Waals surface area (Å²) in [6.45, 7) is 3.85. The van der Waals surface area contributed by atoms with Gasteiger partial charge in [-0.3, -0.25) is 4.99 Å². The predicted octanol–water partition coefficient (Wildman–Crippen LogP) is 2.73. The van der Waals surface area contributed by atoms with E-state index in [2.05, 4.69) is 44.9 Å². The lowest BCUT2D eigenvalue weighted by Gasteiger charge is -2.16. The van der Waals surface area contributed by atoms with Gasteiger partial charge in [0, 0.05) is 25.5 Å². The van der Waals surface area contributed by atoms with Crippen molar-refractivity contribution >= 4 is 16.9 Å². The van der Waals surface area contributed by atoms with Crippen molar-refractivity contribution in [3.8, 4) is 0 Å². The number of unbranched alkanes of at least 4 members (excludes halogenated alkanes) is 1. The second-order valence-corrected chi connectivity index (χ2v) is 5.96. The smallest absolute Gasteiger partial charge is 0.191 e. The number of aliphatic imine (C=N–C) groups is 1. The molecule has 0 spiro atoms. The number of nitrogens with one attached hydrogen (secondary N) is 2. The van der Waals surface area contributed by atoms with Crippen LogP contribution in [0.25, 0.3) is 11.0 Å². The van der Waals surface area contributed by atoms with Crippen LogP contribution in [0, 0.1) is 0 Å². The van der Waals surface area contributed by atoms with Crippen LogP contribution in [0.1, 0.15) is 31.6 Å². The first-order valence-corrected chi connectivity index (χ1v) is 8.54. The van der Waals surface area contributed by atoms with E-state index in [9.17, 15) is 0 Å². The van der Waals surface area contributed by atoms with Crippen LogP contribution in [0.2, 0.25) is 0 Å². The molecule has 0 saturated carbocycles. The van der Waals surface area contributed by atoms with Crippen molar-refractivity contribution in [2.75, 3.05) is 13.6 Å². The Morgan fingerprint density at radius 1 is 1.24 bits per heavy atom. The first kappa shape index (κ1) is 17.0. The van der Waals surface area contributed by atoms with Gasteiger partial charge in [0.05, 0.1) is 6.04 Å². The Labute approximate surface area is 147 Å². The number of hydrogen-bond donors (Lipinski definition) is 2. The van der Waals surface area contributed by atoms with Crippen molar-refractivity contribution in [3.05, 3.63) is 48.7 Å². The highest BCUT2D eigenvalue weighted by Crippen LogP contribution is 2.23. The summed E-state index contributed by atoms with van der Waals surface area (Å²) < 4.78 is 7.88. The number of hydrogen-bond acceptors (Lipinski definition) is 4. The predicted molar refractivity (Wildman–Crippen MR) is 98.4 cm³/mol. The van der Waals surface area contributed by atoms with Crippen LogP contribution < -0.4 is 10.6 Å². The molecule has 0 amide bonds. The number of nitrogens with zero attached hydrogens (tertiary/aromatic N) is 4. The van der Waals surface area contributed by atoms with Crippen LogP contribution in [0.3, 0.4) is 0 Å². The Morgan fingerprint density at radius 2 is 2.04 bits per heavy atom. The molecule has 2 heterocycles. The van der Waals surface area contributed by atoms with Crippen LogP contribution in [-0.4, -0.2) is 34.3 Å². The number of guanidine groups is 1. The Bertz CT molecular complexity index is 775. The average Bonchev–Trinajstić information content (AvgIpc) is 3.29. The topological polar surface area (TPSA) is 80.3 Å². The quantitative estimate of drug-likeness (QED) is 0.393. The summed E-state index contributed by atoms with van der Waals surface area (Å²) in [5.41, 5.74) is 0.906. The maximum absolute atomic E-state index is 5.90. The normalized spacial score (nSPS) is 13.1. The van der Waals surface area contributed by atoms with Crippen molar-refractivity contribution in [1.82, 2.24) is 25.4 Å². The number of benzene rings is 1. The van der Waals surface area contributed by atoms with E-state index in [0.717, 1.165) is 48.6 Å². The zero-order valence-corrected chi connectivity index (χ0v) is 14.6. The molecule has 0 aliphatic carbocycles. The fourth-order valence-corrected chi connectivity index (χ4v) is 2.65. The minimum Gasteiger partial charge on any atom is -0.459 e. The maximum Gasteiger partial charge on any atom is 0.191 e. The Balaban J connectivity index is 1.44. The Kier molecular flexibility index (Phi) is 5.66. The van der Waals surface area contributed by atoms with Crippen molar-refractivity contribution in [2.45, 2.75) is 32.4 Å². The third-order valence-corrected chi connectivity index (χ3v) is 4.05. The molecule has 1 atom stereocenters. The molecule has 0 bridgehead atoms. The number of rotatable bonds is 7. The lowest BCUT2D eigenvalue weighted by atomic mass is 10.2. The minimum absolute atomic E-state index is 0.0376. The molecular formula is C18H24N6O. The fraction of sp³-hybridized carbons (Fsp3) is 0.389. The van der Waals surface area contributed by atoms with Gasteiger partial charge in [0.25, 0.3) is 0 Å². The van der Waals surface area contributed by atoms with Crippen LogP contribution in [-0.2, 0) is 6.54 Å². The number of aryl methyl sites for hydroxylation is 1. The van der Waals surface area contributed by atoms with Gasteiger partial charge in [-0.15, -0.1) is 10.2 Å². The standard InChI is InChI=1S/C18H24N6O/c1-14(17-11-15-7-3-4-8-16(15)25-17)23-18(19-2)20-9-5-6-10-24-12-21-22-13-24/h3-4,7-8,11-14H,5-6,9-10H2,1-2H3,(H2,19,20,23). The van der Waals surface area contributed by atoms with Crippen LogP contribution >= 0.6 is 0 Å². The number of fused-ring (bicyclic) bond motifs is 1. The van der Waals surface area contributed by atoms with E-state index in [1.165, 1.54) is 0 Å². The molecule has 0 aliphatic heterocycles. The number of furan rings is 1. The molecule has 25 heavy (non-hydrogen) atoms. The zero-order valence-electron chi connectivity index (χ0n) is 14.6. The van der Waals surface area contributed by atoms with E-state index in [4.69, 9.17) is 4.42 Å². The molecule has 1 aromatic carbocycles. The highest BCUT2D eigenvalue weighted by molar-refractivity contribution is 5.81. The summed E-state index contributed by atoms with van der Waals surface area (Å²) in [7, 11) is 1.78. The summed E-state index contributed by atoms with van der Waals surface area (Å²) >= 11 is 0. The molecule has 132 valence electrons. The van der Waals surface area contributed by atoms with E-state index in [0.29, 0.717) is 0 Å². The molecule has 3 rings (SSSR count). The maximum atomic E-state index is 5.90. The van der Waals surface area contributed by atoms with Crippen LogP contribution in [0.4, 0.5) is 0 Å². The van der Waals surface area contributed by atoms with Gasteiger partial charge in [0.1, 0.15) is 24.0 Å². The van der Waals surface area contributed by atoms with Crippen LogP contribution in [0.15, 0.2) is 52.4 Å². The van der Waals surface area contributed by atoms with Gasteiger partial charge in [-0.25, -0.2) is 0 Å². The molecule has 1 unspecified atom stereocenters. The van der Waals surface area contributed by atoms with E-state index < -0.39 is 0 Å². The van der Waals surface area contributed by atoms with E-state index in [1.807, 2.05) is 22.8 Å². The van der Waals surface area contributed by atoms with Gasteiger partial charge in [-0.2, -0.15) is 0 Å². The third-order valence-electron chi connectivity index (χ3n) is 4.05. The van der Waals surface area contributed by atoms with E-state index >= 15 is 0 Å². The Morgan fingerprint density at radius 3 is 2.80 bits per heavy atom. The van der Waals surface area contributed by atoms with Crippen molar-refractivity contribution < 1.29 is 4.42 Å². The SMILES string of the molecule is CN=C(NCCCCn1cnnc1)NC(C)c1cc2ccccc2o1. The summed E-state index contributed by atoms with van der Waals surface area (Å²) in [6.07, 6.45) is 5.57. The summed E-state index contributed by atoms with van der Waals surface area (Å²) in [5, 5.41) is 15.4. The lowest BCUT2D eigenvalue weighted by molar-refractivity contribution is 0.487. The van der Waals surface area contributed by atoms with Gasteiger partial charge in [0.15, 0.2) is 5.96 Å². The molecule has 3 aromatic rings. The van der Waals surface area contributed by atoms with Crippen LogP contribution in [0.5, 0.6) is 0 Å². The van der Waals surface area contributed by atoms with Gasteiger partial charge < -0.3 is 19.6 Å². The van der Waals surface area contributed by atoms with Gasteiger partial charge in [-0.05, 0) is 31.9 Å². The highest BCUT2D eigenvalue weighted by atomic mass is 16.3. The molecule has 7 nitrogen and oxygen atoms in total. The first-order valence-electron chi connectivity index (χ1n) is 8.54. The molecule has 0 fully saturated rings. The molecule has 0 aliphatic rings. The minimum atomic E-state index is 0.0376. The van der Waals surface area contributed by atoms with Gasteiger partial charge in [0.2, 0.25) is 0 Å². The molecule has 7 heteroatoms. The molecule has 2 aromatic heterocycles. The molecule has 0 radical (unpaired) electrons. The van der Waals surface area contributed by atoms with E-state index in [1.54, 1.807) is 19.7 Å². The summed E-state index contributed by atoms with van der Waals surface area (Å²) in [6, 6.07) is 10.1. The highest BCUT2D eigenvalue weighted by Gasteiger charge is 2.12. The number of para-hydroxylation sites is 1.